The normalized spacial score (nSPS) is 25.9. The van der Waals surface area contributed by atoms with E-state index in [4.69, 9.17) is 4.74 Å². The summed E-state index contributed by atoms with van der Waals surface area (Å²) in [5.74, 6) is 1.72. The van der Waals surface area contributed by atoms with Crippen molar-refractivity contribution in [3.8, 4) is 11.8 Å². The number of hydrogen-bond acceptors (Lipinski definition) is 2. The Morgan fingerprint density at radius 1 is 1.20 bits per heavy atom. The third-order valence-corrected chi connectivity index (χ3v) is 4.59. The monoisotopic (exact) mass is 271 g/mol. The van der Waals surface area contributed by atoms with Crippen molar-refractivity contribution in [3.05, 3.63) is 29.8 Å². The van der Waals surface area contributed by atoms with Crippen molar-refractivity contribution in [1.29, 1.82) is 5.26 Å². The second kappa shape index (κ2) is 6.79. The molecule has 0 radical (unpaired) electrons. The zero-order chi connectivity index (χ0) is 14.4. The zero-order valence-electron chi connectivity index (χ0n) is 12.7. The van der Waals surface area contributed by atoms with Crippen LogP contribution in [0, 0.1) is 17.2 Å². The first-order valence-corrected chi connectivity index (χ1v) is 7.88. The van der Waals surface area contributed by atoms with E-state index in [1.807, 2.05) is 19.1 Å². The van der Waals surface area contributed by atoms with Crippen LogP contribution < -0.4 is 4.74 Å². The molecule has 0 saturated heterocycles. The summed E-state index contributed by atoms with van der Waals surface area (Å²) in [6.45, 7) is 4.92. The highest BCUT2D eigenvalue weighted by Gasteiger charge is 2.36. The van der Waals surface area contributed by atoms with Crippen molar-refractivity contribution in [2.75, 3.05) is 6.61 Å². The van der Waals surface area contributed by atoms with Gasteiger partial charge in [0.1, 0.15) is 5.75 Å². The van der Waals surface area contributed by atoms with Gasteiger partial charge in [0.2, 0.25) is 0 Å². The number of ether oxygens (including phenoxy) is 1. The van der Waals surface area contributed by atoms with Gasteiger partial charge in [-0.25, -0.2) is 0 Å². The maximum atomic E-state index is 9.70. The molecule has 2 rings (SSSR count). The fourth-order valence-electron chi connectivity index (χ4n) is 3.37. The first-order valence-electron chi connectivity index (χ1n) is 7.88. The third-order valence-electron chi connectivity index (χ3n) is 4.59. The average Bonchev–Trinajstić information content (AvgIpc) is 2.50. The van der Waals surface area contributed by atoms with Gasteiger partial charge in [-0.3, -0.25) is 0 Å². The minimum atomic E-state index is -0.269. The number of nitrogens with zero attached hydrogens (tertiary/aromatic N) is 1. The lowest BCUT2D eigenvalue weighted by atomic mass is 9.67. The van der Waals surface area contributed by atoms with E-state index in [1.165, 1.54) is 31.2 Å². The number of benzene rings is 1. The van der Waals surface area contributed by atoms with Crippen LogP contribution in [0.1, 0.15) is 57.9 Å². The van der Waals surface area contributed by atoms with Crippen LogP contribution in [-0.4, -0.2) is 6.61 Å². The molecule has 0 unspecified atom stereocenters. The van der Waals surface area contributed by atoms with Crippen molar-refractivity contribution in [2.24, 2.45) is 5.92 Å². The van der Waals surface area contributed by atoms with Crippen LogP contribution in [0.15, 0.2) is 24.3 Å². The smallest absolute Gasteiger partial charge is 0.119 e. The molecule has 0 N–H and O–H groups in total. The van der Waals surface area contributed by atoms with Crippen LogP contribution in [0.25, 0.3) is 0 Å². The van der Waals surface area contributed by atoms with Gasteiger partial charge in [-0.1, -0.05) is 31.9 Å². The molecule has 0 heterocycles. The van der Waals surface area contributed by atoms with Gasteiger partial charge >= 0.3 is 0 Å². The van der Waals surface area contributed by atoms with Crippen molar-refractivity contribution in [2.45, 2.75) is 57.8 Å². The molecule has 0 spiro atoms. The van der Waals surface area contributed by atoms with Gasteiger partial charge in [-0.2, -0.15) is 5.26 Å². The molecule has 0 amide bonds. The molecule has 1 aliphatic rings. The molecule has 1 saturated carbocycles. The summed E-state index contributed by atoms with van der Waals surface area (Å²) in [5, 5.41) is 9.70. The van der Waals surface area contributed by atoms with Gasteiger partial charge in [-0.15, -0.1) is 0 Å². The highest BCUT2D eigenvalue weighted by molar-refractivity contribution is 5.37. The molecule has 0 aliphatic heterocycles. The number of hydrogen-bond donors (Lipinski definition) is 0. The summed E-state index contributed by atoms with van der Waals surface area (Å²) in [6.07, 6.45) is 6.95. The molecular formula is C18H25NO. The minimum Gasteiger partial charge on any atom is -0.494 e. The van der Waals surface area contributed by atoms with E-state index >= 15 is 0 Å². The van der Waals surface area contributed by atoms with Crippen LogP contribution in [0.4, 0.5) is 0 Å². The fraction of sp³-hybridized carbons (Fsp3) is 0.611. The van der Waals surface area contributed by atoms with Gasteiger partial charge in [0.25, 0.3) is 0 Å². The van der Waals surface area contributed by atoms with Crippen molar-refractivity contribution < 1.29 is 4.74 Å². The summed E-state index contributed by atoms with van der Waals surface area (Å²) in [5.41, 5.74) is 0.896. The first kappa shape index (κ1) is 14.9. The predicted octanol–water partition coefficient (Wildman–Crippen LogP) is 4.84. The minimum absolute atomic E-state index is 0.269. The molecule has 1 aliphatic carbocycles. The Hall–Kier alpha value is -1.49. The van der Waals surface area contributed by atoms with Crippen molar-refractivity contribution >= 4 is 0 Å². The van der Waals surface area contributed by atoms with Gasteiger partial charge < -0.3 is 4.74 Å². The number of nitriles is 1. The summed E-state index contributed by atoms with van der Waals surface area (Å²) in [6, 6.07) is 10.8. The lowest BCUT2D eigenvalue weighted by Gasteiger charge is -2.35. The summed E-state index contributed by atoms with van der Waals surface area (Å²) in [4.78, 5) is 0. The van der Waals surface area contributed by atoms with E-state index in [0.717, 1.165) is 24.5 Å². The van der Waals surface area contributed by atoms with Crippen molar-refractivity contribution in [1.82, 2.24) is 0 Å². The average molecular weight is 271 g/mol. The zero-order valence-corrected chi connectivity index (χ0v) is 12.7. The SMILES string of the molecule is CCCC1CCC(C#N)(c2ccc(OCC)cc2)CC1. The molecule has 1 aromatic carbocycles. The molecule has 2 nitrogen and oxygen atoms in total. The highest BCUT2D eigenvalue weighted by Crippen LogP contribution is 2.42. The molecule has 2 heteroatoms. The first-order chi connectivity index (χ1) is 9.74. The van der Waals surface area contributed by atoms with E-state index < -0.39 is 0 Å². The Bertz CT molecular complexity index is 449. The van der Waals surface area contributed by atoms with Gasteiger partial charge in [0.05, 0.1) is 18.1 Å². The Balaban J connectivity index is 2.10. The predicted molar refractivity (Wildman–Crippen MR) is 81.8 cm³/mol. The van der Waals surface area contributed by atoms with E-state index in [0.29, 0.717) is 6.61 Å². The molecule has 1 fully saturated rings. The lowest BCUT2D eigenvalue weighted by Crippen LogP contribution is -2.30. The summed E-state index contributed by atoms with van der Waals surface area (Å²) in [7, 11) is 0. The van der Waals surface area contributed by atoms with Gasteiger partial charge in [0, 0.05) is 0 Å². The fourth-order valence-corrected chi connectivity index (χ4v) is 3.37. The van der Waals surface area contributed by atoms with E-state index in [9.17, 15) is 5.26 Å². The van der Waals surface area contributed by atoms with Crippen LogP contribution in [0.2, 0.25) is 0 Å². The summed E-state index contributed by atoms with van der Waals surface area (Å²) >= 11 is 0. The van der Waals surface area contributed by atoms with E-state index in [2.05, 4.69) is 25.1 Å². The Kier molecular flexibility index (Phi) is 5.06. The van der Waals surface area contributed by atoms with E-state index in [1.54, 1.807) is 0 Å². The largest absolute Gasteiger partial charge is 0.494 e. The van der Waals surface area contributed by atoms with E-state index in [-0.39, 0.29) is 5.41 Å². The maximum absolute atomic E-state index is 9.70. The van der Waals surface area contributed by atoms with Crippen LogP contribution in [0.3, 0.4) is 0 Å². The van der Waals surface area contributed by atoms with Crippen molar-refractivity contribution in [3.63, 3.8) is 0 Å². The standard InChI is InChI=1S/C18H25NO/c1-3-5-15-10-12-18(14-19,13-11-15)16-6-8-17(9-7-16)20-4-2/h6-9,15H,3-5,10-13H2,1-2H3. The maximum Gasteiger partial charge on any atom is 0.119 e. The lowest BCUT2D eigenvalue weighted by molar-refractivity contribution is 0.265. The molecular weight excluding hydrogens is 246 g/mol. The topological polar surface area (TPSA) is 33.0 Å². The molecule has 108 valence electrons. The third kappa shape index (κ3) is 3.15. The molecule has 1 aromatic rings. The Morgan fingerprint density at radius 2 is 1.85 bits per heavy atom. The highest BCUT2D eigenvalue weighted by atomic mass is 16.5. The van der Waals surface area contributed by atoms with Gasteiger partial charge in [0.15, 0.2) is 0 Å². The van der Waals surface area contributed by atoms with Crippen LogP contribution in [-0.2, 0) is 5.41 Å². The molecule has 0 atom stereocenters. The van der Waals surface area contributed by atoms with Gasteiger partial charge in [-0.05, 0) is 56.2 Å². The molecule has 0 bridgehead atoms. The Morgan fingerprint density at radius 3 is 2.35 bits per heavy atom. The molecule has 20 heavy (non-hydrogen) atoms. The quantitative estimate of drug-likeness (QED) is 0.768. The summed E-state index contributed by atoms with van der Waals surface area (Å²) < 4.78 is 5.48. The molecule has 0 aromatic heterocycles. The second-order valence-electron chi connectivity index (χ2n) is 5.88. The second-order valence-corrected chi connectivity index (χ2v) is 5.88. The number of rotatable bonds is 5. The Labute approximate surface area is 122 Å². The van der Waals surface area contributed by atoms with Crippen LogP contribution >= 0.6 is 0 Å². The van der Waals surface area contributed by atoms with Crippen LogP contribution in [0.5, 0.6) is 5.75 Å².